The van der Waals surface area contributed by atoms with Gasteiger partial charge in [-0.05, 0) is 20.8 Å². The summed E-state index contributed by atoms with van der Waals surface area (Å²) < 4.78 is 0. The monoisotopic (exact) mass is 236 g/mol. The molecule has 1 heterocycles. The van der Waals surface area contributed by atoms with Crippen molar-refractivity contribution >= 4 is 11.6 Å². The van der Waals surface area contributed by atoms with Crippen molar-refractivity contribution in [3.05, 3.63) is 11.4 Å². The molecule has 0 aromatic carbocycles. The van der Waals surface area contributed by atoms with Gasteiger partial charge in [-0.3, -0.25) is 0 Å². The van der Waals surface area contributed by atoms with E-state index in [4.69, 9.17) is 0 Å². The summed E-state index contributed by atoms with van der Waals surface area (Å²) in [5, 5.41) is 3.31. The maximum absolute atomic E-state index is 4.66. The lowest BCUT2D eigenvalue weighted by molar-refractivity contribution is 0.762. The first-order valence-electron chi connectivity index (χ1n) is 6.34. The van der Waals surface area contributed by atoms with E-state index in [0.717, 1.165) is 36.1 Å². The van der Waals surface area contributed by atoms with E-state index in [1.807, 2.05) is 0 Å². The number of hydrogen-bond acceptors (Lipinski definition) is 4. The first-order chi connectivity index (χ1) is 8.01. The maximum Gasteiger partial charge on any atom is 0.137 e. The molecule has 0 aliphatic carbocycles. The molecule has 0 aliphatic rings. The Kier molecular flexibility index (Phi) is 4.73. The number of nitrogens with zero attached hydrogens (tertiary/aromatic N) is 3. The third kappa shape index (κ3) is 3.08. The molecular formula is C13H24N4. The molecule has 0 atom stereocenters. The summed E-state index contributed by atoms with van der Waals surface area (Å²) in [6.07, 6.45) is 0. The van der Waals surface area contributed by atoms with Crippen LogP contribution in [0.15, 0.2) is 0 Å². The summed E-state index contributed by atoms with van der Waals surface area (Å²) in [5.41, 5.74) is 1.13. The van der Waals surface area contributed by atoms with Crippen LogP contribution in [0, 0.1) is 6.92 Å². The fourth-order valence-electron chi connectivity index (χ4n) is 1.64. The number of anilines is 2. The number of nitrogens with one attached hydrogen (secondary N) is 1. The highest BCUT2D eigenvalue weighted by Crippen LogP contribution is 2.25. The van der Waals surface area contributed by atoms with E-state index in [1.54, 1.807) is 0 Å². The summed E-state index contributed by atoms with van der Waals surface area (Å²) in [6.45, 7) is 12.4. The van der Waals surface area contributed by atoms with Crippen LogP contribution in [-0.2, 0) is 0 Å². The highest BCUT2D eigenvalue weighted by atomic mass is 15.2. The molecule has 96 valence electrons. The molecular weight excluding hydrogens is 212 g/mol. The van der Waals surface area contributed by atoms with Crippen molar-refractivity contribution in [1.82, 2.24) is 9.97 Å². The Balaban J connectivity index is 3.27. The van der Waals surface area contributed by atoms with Gasteiger partial charge >= 0.3 is 0 Å². The minimum Gasteiger partial charge on any atom is -0.370 e. The normalized spacial score (nSPS) is 10.8. The highest BCUT2D eigenvalue weighted by Gasteiger charge is 2.14. The van der Waals surface area contributed by atoms with Crippen LogP contribution in [0.1, 0.15) is 45.0 Å². The van der Waals surface area contributed by atoms with Gasteiger partial charge in [0.1, 0.15) is 17.5 Å². The first-order valence-corrected chi connectivity index (χ1v) is 6.34. The molecule has 17 heavy (non-hydrogen) atoms. The summed E-state index contributed by atoms with van der Waals surface area (Å²) in [6, 6.07) is 0. The van der Waals surface area contributed by atoms with E-state index in [2.05, 4.69) is 61.9 Å². The van der Waals surface area contributed by atoms with Gasteiger partial charge in [-0.1, -0.05) is 13.8 Å². The van der Waals surface area contributed by atoms with Crippen LogP contribution >= 0.6 is 0 Å². The standard InChI is InChI=1S/C13H24N4/c1-7-14-12-10(5)13(17(6)8-2)16-11(15-12)9(3)4/h9H,7-8H2,1-6H3,(H,14,15,16). The lowest BCUT2D eigenvalue weighted by atomic mass is 10.2. The summed E-state index contributed by atoms with van der Waals surface area (Å²) >= 11 is 0. The maximum atomic E-state index is 4.66. The van der Waals surface area contributed by atoms with Crippen LogP contribution in [0.5, 0.6) is 0 Å². The Morgan fingerprint density at radius 3 is 2.35 bits per heavy atom. The van der Waals surface area contributed by atoms with E-state index >= 15 is 0 Å². The minimum absolute atomic E-state index is 0.344. The number of hydrogen-bond donors (Lipinski definition) is 1. The average Bonchev–Trinajstić information content (AvgIpc) is 2.30. The van der Waals surface area contributed by atoms with Crippen LogP contribution in [0.2, 0.25) is 0 Å². The quantitative estimate of drug-likeness (QED) is 0.853. The summed E-state index contributed by atoms with van der Waals surface area (Å²) in [4.78, 5) is 11.4. The molecule has 0 spiro atoms. The Hall–Kier alpha value is -1.32. The van der Waals surface area contributed by atoms with E-state index in [0.29, 0.717) is 5.92 Å². The van der Waals surface area contributed by atoms with Gasteiger partial charge < -0.3 is 10.2 Å². The van der Waals surface area contributed by atoms with Crippen molar-refractivity contribution in [2.24, 2.45) is 0 Å². The Bertz CT molecular complexity index is 374. The Labute approximate surface area is 104 Å². The van der Waals surface area contributed by atoms with Crippen molar-refractivity contribution < 1.29 is 0 Å². The minimum atomic E-state index is 0.344. The van der Waals surface area contributed by atoms with Gasteiger partial charge in [-0.25, -0.2) is 9.97 Å². The zero-order valence-corrected chi connectivity index (χ0v) is 11.8. The second-order valence-corrected chi connectivity index (χ2v) is 4.58. The molecule has 0 bridgehead atoms. The molecule has 0 aliphatic heterocycles. The van der Waals surface area contributed by atoms with E-state index in [-0.39, 0.29) is 0 Å². The first kappa shape index (κ1) is 13.7. The predicted octanol–water partition coefficient (Wildman–Crippen LogP) is 2.80. The lowest BCUT2D eigenvalue weighted by Crippen LogP contribution is -2.21. The fourth-order valence-corrected chi connectivity index (χ4v) is 1.64. The number of rotatable bonds is 5. The van der Waals surface area contributed by atoms with Crippen LogP contribution in [0.25, 0.3) is 0 Å². The highest BCUT2D eigenvalue weighted by molar-refractivity contribution is 5.58. The van der Waals surface area contributed by atoms with Gasteiger partial charge in [0, 0.05) is 31.6 Å². The average molecular weight is 236 g/mol. The van der Waals surface area contributed by atoms with Gasteiger partial charge in [0.05, 0.1) is 0 Å². The van der Waals surface area contributed by atoms with Gasteiger partial charge in [0.2, 0.25) is 0 Å². The molecule has 1 aromatic rings. The third-order valence-electron chi connectivity index (χ3n) is 2.83. The molecule has 0 saturated carbocycles. The van der Waals surface area contributed by atoms with Crippen molar-refractivity contribution in [1.29, 1.82) is 0 Å². The van der Waals surface area contributed by atoms with Crippen molar-refractivity contribution in [2.45, 2.75) is 40.5 Å². The Morgan fingerprint density at radius 1 is 1.24 bits per heavy atom. The van der Waals surface area contributed by atoms with Crippen LogP contribution in [0.4, 0.5) is 11.6 Å². The fraction of sp³-hybridized carbons (Fsp3) is 0.692. The molecule has 0 fully saturated rings. The zero-order chi connectivity index (χ0) is 13.0. The van der Waals surface area contributed by atoms with Crippen LogP contribution in [0.3, 0.4) is 0 Å². The summed E-state index contributed by atoms with van der Waals surface area (Å²) in [5.74, 6) is 3.24. The third-order valence-corrected chi connectivity index (χ3v) is 2.83. The molecule has 0 unspecified atom stereocenters. The summed E-state index contributed by atoms with van der Waals surface area (Å²) in [7, 11) is 2.06. The van der Waals surface area contributed by atoms with Crippen LogP contribution in [-0.4, -0.2) is 30.1 Å². The molecule has 0 radical (unpaired) electrons. The van der Waals surface area contributed by atoms with Gasteiger partial charge in [-0.2, -0.15) is 0 Å². The second-order valence-electron chi connectivity index (χ2n) is 4.58. The molecule has 4 nitrogen and oxygen atoms in total. The van der Waals surface area contributed by atoms with Gasteiger partial charge in [-0.15, -0.1) is 0 Å². The largest absolute Gasteiger partial charge is 0.370 e. The van der Waals surface area contributed by atoms with E-state index in [9.17, 15) is 0 Å². The number of aromatic nitrogens is 2. The predicted molar refractivity (Wildman–Crippen MR) is 74.0 cm³/mol. The van der Waals surface area contributed by atoms with Gasteiger partial charge in [0.25, 0.3) is 0 Å². The SMILES string of the molecule is CCNc1nc(C(C)C)nc(N(C)CC)c1C. The lowest BCUT2D eigenvalue weighted by Gasteiger charge is -2.21. The van der Waals surface area contributed by atoms with Crippen molar-refractivity contribution in [3.8, 4) is 0 Å². The Morgan fingerprint density at radius 2 is 1.88 bits per heavy atom. The van der Waals surface area contributed by atoms with Crippen molar-refractivity contribution in [3.63, 3.8) is 0 Å². The topological polar surface area (TPSA) is 41.1 Å². The molecule has 4 heteroatoms. The van der Waals surface area contributed by atoms with Crippen molar-refractivity contribution in [2.75, 3.05) is 30.4 Å². The van der Waals surface area contributed by atoms with E-state index in [1.165, 1.54) is 0 Å². The molecule has 0 amide bonds. The molecule has 1 N–H and O–H groups in total. The second kappa shape index (κ2) is 5.84. The van der Waals surface area contributed by atoms with Gasteiger partial charge in [0.15, 0.2) is 0 Å². The zero-order valence-electron chi connectivity index (χ0n) is 11.8. The van der Waals surface area contributed by atoms with E-state index < -0.39 is 0 Å². The molecule has 0 saturated heterocycles. The smallest absolute Gasteiger partial charge is 0.137 e. The molecule has 1 rings (SSSR count). The van der Waals surface area contributed by atoms with Crippen LogP contribution < -0.4 is 10.2 Å². The molecule has 1 aromatic heterocycles.